The molecule has 2 N–H and O–H groups in total. The van der Waals surface area contributed by atoms with Crippen LogP contribution in [0.2, 0.25) is 0 Å². The number of aromatic nitrogens is 2. The number of rotatable bonds is 7. The van der Waals surface area contributed by atoms with Crippen LogP contribution in [0.5, 0.6) is 0 Å². The van der Waals surface area contributed by atoms with Gasteiger partial charge in [-0.1, -0.05) is 48.5 Å². The van der Waals surface area contributed by atoms with Gasteiger partial charge in [0, 0.05) is 18.3 Å². The largest absolute Gasteiger partial charge is 0.480 e. The van der Waals surface area contributed by atoms with Gasteiger partial charge in [0.25, 0.3) is 0 Å². The number of hydrogen-bond donors (Lipinski definition) is 2. The van der Waals surface area contributed by atoms with E-state index < -0.39 is 12.0 Å². The smallest absolute Gasteiger partial charge is 0.321 e. The Kier molecular flexibility index (Phi) is 5.03. The van der Waals surface area contributed by atoms with Crippen LogP contribution >= 0.6 is 0 Å². The highest BCUT2D eigenvalue weighted by Crippen LogP contribution is 2.09. The van der Waals surface area contributed by atoms with Gasteiger partial charge in [-0.15, -0.1) is 0 Å². The second kappa shape index (κ2) is 7.57. The molecule has 0 bridgehead atoms. The summed E-state index contributed by atoms with van der Waals surface area (Å²) in [6.07, 6.45) is 4.11. The molecule has 0 aliphatic heterocycles. The van der Waals surface area contributed by atoms with Crippen LogP contribution < -0.4 is 5.32 Å². The molecule has 0 saturated heterocycles. The number of nitrogens with one attached hydrogen (secondary N) is 1. The minimum absolute atomic E-state index is 0.447. The number of hydrogen-bond acceptors (Lipinski definition) is 3. The maximum Gasteiger partial charge on any atom is 0.321 e. The van der Waals surface area contributed by atoms with Crippen molar-refractivity contribution in [3.63, 3.8) is 0 Å². The zero-order valence-electron chi connectivity index (χ0n) is 13.2. The van der Waals surface area contributed by atoms with Crippen LogP contribution in [-0.2, 0) is 17.8 Å². The molecule has 0 unspecified atom stereocenters. The van der Waals surface area contributed by atoms with Gasteiger partial charge in [-0.25, -0.2) is 4.68 Å². The van der Waals surface area contributed by atoms with Crippen molar-refractivity contribution < 1.29 is 9.90 Å². The number of carboxylic acids is 1. The highest BCUT2D eigenvalue weighted by molar-refractivity contribution is 5.73. The van der Waals surface area contributed by atoms with Crippen LogP contribution in [0.3, 0.4) is 0 Å². The molecule has 0 aliphatic carbocycles. The predicted molar refractivity (Wildman–Crippen MR) is 92.0 cm³/mol. The number of aliphatic carboxylic acids is 1. The summed E-state index contributed by atoms with van der Waals surface area (Å²) in [7, 11) is 0. The lowest BCUT2D eigenvalue weighted by atomic mass is 10.1. The number of benzene rings is 2. The van der Waals surface area contributed by atoms with E-state index in [0.29, 0.717) is 13.0 Å². The highest BCUT2D eigenvalue weighted by atomic mass is 16.4. The van der Waals surface area contributed by atoms with Crippen LogP contribution in [0.1, 0.15) is 11.1 Å². The molecule has 3 aromatic rings. The molecule has 5 nitrogen and oxygen atoms in total. The molecule has 0 fully saturated rings. The van der Waals surface area contributed by atoms with E-state index in [0.717, 1.165) is 16.8 Å². The fourth-order valence-electron chi connectivity index (χ4n) is 2.51. The van der Waals surface area contributed by atoms with E-state index in [2.05, 4.69) is 10.4 Å². The monoisotopic (exact) mass is 321 g/mol. The summed E-state index contributed by atoms with van der Waals surface area (Å²) >= 11 is 0. The first-order valence-corrected chi connectivity index (χ1v) is 7.81. The summed E-state index contributed by atoms with van der Waals surface area (Å²) in [6, 6.07) is 18.8. The lowest BCUT2D eigenvalue weighted by Crippen LogP contribution is -2.38. The zero-order valence-corrected chi connectivity index (χ0v) is 13.2. The first-order valence-electron chi connectivity index (χ1n) is 7.81. The van der Waals surface area contributed by atoms with Gasteiger partial charge in [0.1, 0.15) is 6.04 Å². The van der Waals surface area contributed by atoms with Crippen molar-refractivity contribution in [3.05, 3.63) is 84.2 Å². The molecule has 5 heteroatoms. The van der Waals surface area contributed by atoms with Crippen LogP contribution in [0, 0.1) is 0 Å². The molecule has 122 valence electrons. The normalized spacial score (nSPS) is 12.0. The SMILES string of the molecule is O=C(O)[C@@H](Cc1ccccc1)NCc1cnn(-c2ccccc2)c1. The Hall–Kier alpha value is -2.92. The second-order valence-electron chi connectivity index (χ2n) is 5.59. The maximum absolute atomic E-state index is 11.5. The summed E-state index contributed by atoms with van der Waals surface area (Å²) in [6.45, 7) is 0.455. The molecule has 0 saturated carbocycles. The van der Waals surface area contributed by atoms with Gasteiger partial charge < -0.3 is 5.11 Å². The van der Waals surface area contributed by atoms with Crippen molar-refractivity contribution in [3.8, 4) is 5.69 Å². The Bertz CT molecular complexity index is 785. The molecule has 0 spiro atoms. The van der Waals surface area contributed by atoms with E-state index in [4.69, 9.17) is 0 Å². The van der Waals surface area contributed by atoms with E-state index in [1.54, 1.807) is 10.9 Å². The van der Waals surface area contributed by atoms with Crippen molar-refractivity contribution in [1.29, 1.82) is 0 Å². The van der Waals surface area contributed by atoms with Crippen molar-refractivity contribution in [1.82, 2.24) is 15.1 Å². The van der Waals surface area contributed by atoms with Gasteiger partial charge in [-0.2, -0.15) is 5.10 Å². The molecule has 1 heterocycles. The number of nitrogens with zero attached hydrogens (tertiary/aromatic N) is 2. The predicted octanol–water partition coefficient (Wildman–Crippen LogP) is 2.66. The third-order valence-electron chi connectivity index (χ3n) is 3.79. The molecule has 0 radical (unpaired) electrons. The third kappa shape index (κ3) is 4.08. The minimum Gasteiger partial charge on any atom is -0.480 e. The highest BCUT2D eigenvalue weighted by Gasteiger charge is 2.17. The van der Waals surface area contributed by atoms with Crippen LogP contribution in [0.4, 0.5) is 0 Å². The van der Waals surface area contributed by atoms with Crippen LogP contribution in [0.25, 0.3) is 5.69 Å². The van der Waals surface area contributed by atoms with E-state index in [-0.39, 0.29) is 0 Å². The number of carboxylic acid groups (broad SMARTS) is 1. The average molecular weight is 321 g/mol. The first-order chi connectivity index (χ1) is 11.7. The zero-order chi connectivity index (χ0) is 16.8. The standard InChI is InChI=1S/C19H19N3O2/c23-19(24)18(11-15-7-3-1-4-8-15)20-12-16-13-21-22(14-16)17-9-5-2-6-10-17/h1-10,13-14,18,20H,11-12H2,(H,23,24)/t18-/m1/s1. The van der Waals surface area contributed by atoms with Crippen molar-refractivity contribution in [2.75, 3.05) is 0 Å². The molecule has 2 aromatic carbocycles. The van der Waals surface area contributed by atoms with Gasteiger partial charge in [0.15, 0.2) is 0 Å². The Morgan fingerprint density at radius 2 is 1.71 bits per heavy atom. The topological polar surface area (TPSA) is 67.2 Å². The molecule has 0 amide bonds. The van der Waals surface area contributed by atoms with Crippen LogP contribution in [0.15, 0.2) is 73.1 Å². The molecule has 1 aromatic heterocycles. The summed E-state index contributed by atoms with van der Waals surface area (Å²) in [5.74, 6) is -0.852. The Morgan fingerprint density at radius 3 is 2.38 bits per heavy atom. The lowest BCUT2D eigenvalue weighted by molar-refractivity contribution is -0.139. The summed E-state index contributed by atoms with van der Waals surface area (Å²) in [5.41, 5.74) is 2.92. The summed E-state index contributed by atoms with van der Waals surface area (Å²) in [4.78, 5) is 11.5. The number of carbonyl (C=O) groups is 1. The molecule has 1 atom stereocenters. The Balaban J connectivity index is 1.63. The molecule has 0 aliphatic rings. The number of para-hydroxylation sites is 1. The fourth-order valence-corrected chi connectivity index (χ4v) is 2.51. The third-order valence-corrected chi connectivity index (χ3v) is 3.79. The molecule has 3 rings (SSSR count). The molecular formula is C19H19N3O2. The van der Waals surface area contributed by atoms with Crippen molar-refractivity contribution >= 4 is 5.97 Å². The minimum atomic E-state index is -0.852. The van der Waals surface area contributed by atoms with Crippen molar-refractivity contribution in [2.24, 2.45) is 0 Å². The van der Waals surface area contributed by atoms with Gasteiger partial charge in [0.2, 0.25) is 0 Å². The molecular weight excluding hydrogens is 302 g/mol. The quantitative estimate of drug-likeness (QED) is 0.702. The second-order valence-corrected chi connectivity index (χ2v) is 5.59. The van der Waals surface area contributed by atoms with E-state index in [9.17, 15) is 9.90 Å². The van der Waals surface area contributed by atoms with E-state index >= 15 is 0 Å². The Morgan fingerprint density at radius 1 is 1.04 bits per heavy atom. The first kappa shape index (κ1) is 16.0. The fraction of sp³-hybridized carbons (Fsp3) is 0.158. The molecule has 24 heavy (non-hydrogen) atoms. The van der Waals surface area contributed by atoms with Crippen molar-refractivity contribution in [2.45, 2.75) is 19.0 Å². The van der Waals surface area contributed by atoms with Gasteiger partial charge >= 0.3 is 5.97 Å². The van der Waals surface area contributed by atoms with Crippen LogP contribution in [-0.4, -0.2) is 26.9 Å². The summed E-state index contributed by atoms with van der Waals surface area (Å²) in [5, 5.41) is 16.8. The van der Waals surface area contributed by atoms with E-state index in [1.165, 1.54) is 0 Å². The Labute approximate surface area is 140 Å². The van der Waals surface area contributed by atoms with Gasteiger partial charge in [-0.3, -0.25) is 10.1 Å². The summed E-state index contributed by atoms with van der Waals surface area (Å²) < 4.78 is 1.78. The maximum atomic E-state index is 11.5. The van der Waals surface area contributed by atoms with E-state index in [1.807, 2.05) is 66.9 Å². The van der Waals surface area contributed by atoms with Gasteiger partial charge in [-0.05, 0) is 24.1 Å². The lowest BCUT2D eigenvalue weighted by Gasteiger charge is -2.13. The van der Waals surface area contributed by atoms with Gasteiger partial charge in [0.05, 0.1) is 11.9 Å². The average Bonchev–Trinajstić information content (AvgIpc) is 3.09.